The van der Waals surface area contributed by atoms with Crippen molar-refractivity contribution in [3.8, 4) is 0 Å². The first-order chi connectivity index (χ1) is 9.19. The number of carboxylic acids is 1. The maximum atomic E-state index is 10.7. The summed E-state index contributed by atoms with van der Waals surface area (Å²) in [6.45, 7) is 2.27. The van der Waals surface area contributed by atoms with Gasteiger partial charge in [0.05, 0.1) is 6.42 Å². The number of aliphatic carboxylic acids is 1. The van der Waals surface area contributed by atoms with Crippen molar-refractivity contribution in [3.05, 3.63) is 35.4 Å². The molecule has 1 aromatic rings. The minimum atomic E-state index is -0.757. The second-order valence-corrected chi connectivity index (χ2v) is 5.82. The summed E-state index contributed by atoms with van der Waals surface area (Å²) in [7, 11) is 0. The Morgan fingerprint density at radius 3 is 2.32 bits per heavy atom. The number of hydrogen-bond donors (Lipinski definition) is 1. The van der Waals surface area contributed by atoms with Crippen LogP contribution in [-0.2, 0) is 11.2 Å². The average Bonchev–Trinajstić information content (AvgIpc) is 2.40. The molecule has 0 aromatic heterocycles. The van der Waals surface area contributed by atoms with Crippen LogP contribution in [0.5, 0.6) is 0 Å². The minimum Gasteiger partial charge on any atom is -0.481 e. The standard InChI is InChI=1S/C17H24O2/c1-2-3-13-4-8-15(9-5-13)16-10-6-14(7-11-16)12-17(18)19/h6-7,10-11,13,15H,2-5,8-9,12H2,1H3,(H,18,19)/t13-,15-. The minimum absolute atomic E-state index is 0.128. The molecule has 2 nitrogen and oxygen atoms in total. The van der Waals surface area contributed by atoms with Gasteiger partial charge in [0.2, 0.25) is 0 Å². The molecule has 0 heterocycles. The van der Waals surface area contributed by atoms with Crippen LogP contribution >= 0.6 is 0 Å². The number of benzene rings is 1. The van der Waals surface area contributed by atoms with Gasteiger partial charge < -0.3 is 5.11 Å². The van der Waals surface area contributed by atoms with Gasteiger partial charge in [-0.1, -0.05) is 44.0 Å². The van der Waals surface area contributed by atoms with Crippen molar-refractivity contribution < 1.29 is 9.90 Å². The summed E-state index contributed by atoms with van der Waals surface area (Å²) in [6, 6.07) is 8.20. The second-order valence-electron chi connectivity index (χ2n) is 5.82. The summed E-state index contributed by atoms with van der Waals surface area (Å²) in [5.41, 5.74) is 2.29. The number of hydrogen-bond acceptors (Lipinski definition) is 1. The summed E-state index contributed by atoms with van der Waals surface area (Å²) in [4.78, 5) is 10.7. The van der Waals surface area contributed by atoms with E-state index in [1.807, 2.05) is 12.1 Å². The Balaban J connectivity index is 1.90. The van der Waals surface area contributed by atoms with Gasteiger partial charge in [-0.15, -0.1) is 0 Å². The number of rotatable bonds is 5. The molecule has 0 unspecified atom stereocenters. The maximum Gasteiger partial charge on any atom is 0.307 e. The Morgan fingerprint density at radius 1 is 1.16 bits per heavy atom. The van der Waals surface area contributed by atoms with Crippen molar-refractivity contribution in [2.45, 2.75) is 57.8 Å². The molecule has 1 saturated carbocycles. The Hall–Kier alpha value is -1.31. The molecular formula is C17H24O2. The van der Waals surface area contributed by atoms with Gasteiger partial charge in [-0.2, -0.15) is 0 Å². The molecule has 0 bridgehead atoms. The quantitative estimate of drug-likeness (QED) is 0.852. The zero-order valence-electron chi connectivity index (χ0n) is 11.8. The second kappa shape index (κ2) is 6.74. The zero-order chi connectivity index (χ0) is 13.7. The van der Waals surface area contributed by atoms with Crippen LogP contribution in [0.3, 0.4) is 0 Å². The highest BCUT2D eigenvalue weighted by Crippen LogP contribution is 2.37. The summed E-state index contributed by atoms with van der Waals surface area (Å²) in [5.74, 6) is 0.868. The van der Waals surface area contributed by atoms with E-state index in [2.05, 4.69) is 19.1 Å². The van der Waals surface area contributed by atoms with E-state index in [1.165, 1.54) is 44.1 Å². The van der Waals surface area contributed by atoms with E-state index in [-0.39, 0.29) is 6.42 Å². The first-order valence-electron chi connectivity index (χ1n) is 7.49. The Morgan fingerprint density at radius 2 is 1.79 bits per heavy atom. The average molecular weight is 260 g/mol. The molecule has 0 spiro atoms. The number of carboxylic acid groups (broad SMARTS) is 1. The molecule has 0 amide bonds. The molecule has 0 radical (unpaired) electrons. The molecule has 1 aliphatic carbocycles. The van der Waals surface area contributed by atoms with Crippen molar-refractivity contribution in [2.75, 3.05) is 0 Å². The van der Waals surface area contributed by atoms with Crippen LogP contribution in [0.15, 0.2) is 24.3 Å². The first kappa shape index (κ1) is 14.1. The molecule has 0 atom stereocenters. The summed E-state index contributed by atoms with van der Waals surface area (Å²) in [6.07, 6.45) is 8.11. The van der Waals surface area contributed by atoms with Crippen LogP contribution in [0.1, 0.15) is 62.5 Å². The molecule has 1 aliphatic rings. The normalized spacial score (nSPS) is 23.2. The van der Waals surface area contributed by atoms with Crippen LogP contribution in [0.2, 0.25) is 0 Å². The fourth-order valence-electron chi connectivity index (χ4n) is 3.27. The van der Waals surface area contributed by atoms with Gasteiger partial charge >= 0.3 is 5.97 Å². The Bertz CT molecular complexity index is 400. The van der Waals surface area contributed by atoms with Crippen molar-refractivity contribution in [1.29, 1.82) is 0 Å². The number of carbonyl (C=O) groups is 1. The third kappa shape index (κ3) is 4.09. The molecule has 1 N–H and O–H groups in total. The smallest absolute Gasteiger partial charge is 0.307 e. The summed E-state index contributed by atoms with van der Waals surface area (Å²) in [5, 5.41) is 8.76. The van der Waals surface area contributed by atoms with E-state index >= 15 is 0 Å². The van der Waals surface area contributed by atoms with Gasteiger partial charge in [0.25, 0.3) is 0 Å². The van der Waals surface area contributed by atoms with E-state index in [9.17, 15) is 4.79 Å². The van der Waals surface area contributed by atoms with Crippen LogP contribution < -0.4 is 0 Å². The topological polar surface area (TPSA) is 37.3 Å². The maximum absolute atomic E-state index is 10.7. The van der Waals surface area contributed by atoms with Gasteiger partial charge in [-0.05, 0) is 48.6 Å². The Kier molecular flexibility index (Phi) is 5.00. The van der Waals surface area contributed by atoms with Gasteiger partial charge in [0.1, 0.15) is 0 Å². The SMILES string of the molecule is CCC[C@H]1CC[C@H](c2ccc(CC(=O)O)cc2)CC1. The van der Waals surface area contributed by atoms with Crippen molar-refractivity contribution in [2.24, 2.45) is 5.92 Å². The highest BCUT2D eigenvalue weighted by Gasteiger charge is 2.21. The summed E-state index contributed by atoms with van der Waals surface area (Å²) < 4.78 is 0. The van der Waals surface area contributed by atoms with Crippen molar-refractivity contribution in [3.63, 3.8) is 0 Å². The Labute approximate surface area is 115 Å². The van der Waals surface area contributed by atoms with Crippen molar-refractivity contribution >= 4 is 5.97 Å². The van der Waals surface area contributed by atoms with E-state index in [1.54, 1.807) is 0 Å². The lowest BCUT2D eigenvalue weighted by Crippen LogP contribution is -2.13. The predicted molar refractivity (Wildman–Crippen MR) is 77.4 cm³/mol. The molecule has 0 saturated heterocycles. The van der Waals surface area contributed by atoms with E-state index in [0.29, 0.717) is 5.92 Å². The lowest BCUT2D eigenvalue weighted by Gasteiger charge is -2.28. The predicted octanol–water partition coefficient (Wildman–Crippen LogP) is 4.39. The van der Waals surface area contributed by atoms with Crippen LogP contribution in [-0.4, -0.2) is 11.1 Å². The van der Waals surface area contributed by atoms with Crippen LogP contribution in [0, 0.1) is 5.92 Å². The molecule has 2 rings (SSSR count). The van der Waals surface area contributed by atoms with E-state index < -0.39 is 5.97 Å². The highest BCUT2D eigenvalue weighted by molar-refractivity contribution is 5.70. The van der Waals surface area contributed by atoms with Gasteiger partial charge in [0.15, 0.2) is 0 Å². The van der Waals surface area contributed by atoms with Gasteiger partial charge in [-0.25, -0.2) is 0 Å². The third-order valence-corrected chi connectivity index (χ3v) is 4.35. The summed E-state index contributed by atoms with van der Waals surface area (Å²) >= 11 is 0. The highest BCUT2D eigenvalue weighted by atomic mass is 16.4. The molecule has 19 heavy (non-hydrogen) atoms. The lowest BCUT2D eigenvalue weighted by atomic mass is 9.77. The van der Waals surface area contributed by atoms with Crippen molar-refractivity contribution in [1.82, 2.24) is 0 Å². The molecule has 1 aromatic carbocycles. The van der Waals surface area contributed by atoms with Gasteiger partial charge in [0, 0.05) is 0 Å². The molecule has 1 fully saturated rings. The zero-order valence-corrected chi connectivity index (χ0v) is 11.8. The van der Waals surface area contributed by atoms with Crippen LogP contribution in [0.4, 0.5) is 0 Å². The largest absolute Gasteiger partial charge is 0.481 e. The lowest BCUT2D eigenvalue weighted by molar-refractivity contribution is -0.136. The monoisotopic (exact) mass is 260 g/mol. The molecule has 0 aliphatic heterocycles. The molecule has 2 heteroatoms. The first-order valence-corrected chi connectivity index (χ1v) is 7.49. The molecule has 104 valence electrons. The third-order valence-electron chi connectivity index (χ3n) is 4.35. The van der Waals surface area contributed by atoms with E-state index in [4.69, 9.17) is 5.11 Å². The van der Waals surface area contributed by atoms with E-state index in [0.717, 1.165) is 11.5 Å². The fourth-order valence-corrected chi connectivity index (χ4v) is 3.27. The molecular weight excluding hydrogens is 236 g/mol. The van der Waals surface area contributed by atoms with Crippen LogP contribution in [0.25, 0.3) is 0 Å². The van der Waals surface area contributed by atoms with Gasteiger partial charge in [-0.3, -0.25) is 4.79 Å². The fraction of sp³-hybridized carbons (Fsp3) is 0.588.